The zero-order valence-electron chi connectivity index (χ0n) is 12.8. The van der Waals surface area contributed by atoms with Gasteiger partial charge in [-0.1, -0.05) is 25.1 Å². The van der Waals surface area contributed by atoms with Gasteiger partial charge in [-0.05, 0) is 25.5 Å². The summed E-state index contributed by atoms with van der Waals surface area (Å²) in [5.74, 6) is -0.197. The number of hydrogen-bond acceptors (Lipinski definition) is 3. The van der Waals surface area contributed by atoms with Crippen LogP contribution in [-0.2, 0) is 4.79 Å². The Morgan fingerprint density at radius 1 is 1.36 bits per heavy atom. The van der Waals surface area contributed by atoms with Crippen LogP contribution in [0.5, 0.6) is 0 Å². The number of nitrogens with one attached hydrogen (secondary N) is 1. The van der Waals surface area contributed by atoms with Crippen molar-refractivity contribution in [1.29, 1.82) is 0 Å². The van der Waals surface area contributed by atoms with Gasteiger partial charge in [0.2, 0.25) is 5.91 Å². The highest BCUT2D eigenvalue weighted by molar-refractivity contribution is 6.07. The van der Waals surface area contributed by atoms with Crippen molar-refractivity contribution in [3.8, 4) is 0 Å². The first-order valence-electron chi connectivity index (χ1n) is 7.57. The summed E-state index contributed by atoms with van der Waals surface area (Å²) in [5.41, 5.74) is 2.14. The lowest BCUT2D eigenvalue weighted by atomic mass is 10.0. The Hall–Kier alpha value is -2.43. The molecule has 2 heterocycles. The Bertz CT molecular complexity index is 742. The van der Waals surface area contributed by atoms with Crippen LogP contribution in [0.4, 0.5) is 0 Å². The lowest BCUT2D eigenvalue weighted by Gasteiger charge is -2.34. The summed E-state index contributed by atoms with van der Waals surface area (Å²) >= 11 is 0. The average Bonchev–Trinajstić information content (AvgIpc) is 2.53. The quantitative estimate of drug-likeness (QED) is 0.921. The molecule has 1 aliphatic rings. The van der Waals surface area contributed by atoms with Crippen LogP contribution >= 0.6 is 0 Å². The number of para-hydroxylation sites is 1. The molecule has 2 amide bonds. The molecule has 0 unspecified atom stereocenters. The molecular formula is C17H19N3O2. The molecule has 1 atom stereocenters. The van der Waals surface area contributed by atoms with Crippen LogP contribution in [-0.4, -0.2) is 40.8 Å². The Morgan fingerprint density at radius 3 is 2.95 bits per heavy atom. The SMILES string of the molecule is CC[C@@H]1C(=O)NCCN1C(=O)c1cccc2ccc(C)nc12. The molecular weight excluding hydrogens is 278 g/mol. The number of aromatic nitrogens is 1. The van der Waals surface area contributed by atoms with Crippen molar-refractivity contribution in [3.63, 3.8) is 0 Å². The number of fused-ring (bicyclic) bond motifs is 1. The number of aryl methyl sites for hydroxylation is 1. The largest absolute Gasteiger partial charge is 0.353 e. The zero-order valence-corrected chi connectivity index (χ0v) is 12.8. The smallest absolute Gasteiger partial charge is 0.256 e. The minimum absolute atomic E-state index is 0.0773. The van der Waals surface area contributed by atoms with Gasteiger partial charge in [-0.2, -0.15) is 0 Å². The third-order valence-corrected chi connectivity index (χ3v) is 4.07. The van der Waals surface area contributed by atoms with Crippen LogP contribution in [0, 0.1) is 6.92 Å². The van der Waals surface area contributed by atoms with Crippen molar-refractivity contribution in [2.75, 3.05) is 13.1 Å². The van der Waals surface area contributed by atoms with Gasteiger partial charge in [0.05, 0.1) is 11.1 Å². The molecule has 1 aromatic heterocycles. The molecule has 0 spiro atoms. The lowest BCUT2D eigenvalue weighted by Crippen LogP contribution is -2.56. The highest BCUT2D eigenvalue weighted by atomic mass is 16.2. The van der Waals surface area contributed by atoms with E-state index in [0.29, 0.717) is 30.6 Å². The molecule has 3 rings (SSSR count). The number of benzene rings is 1. The molecule has 0 radical (unpaired) electrons. The van der Waals surface area contributed by atoms with Crippen LogP contribution in [0.3, 0.4) is 0 Å². The van der Waals surface area contributed by atoms with E-state index in [4.69, 9.17) is 0 Å². The second-order valence-electron chi connectivity index (χ2n) is 5.54. The number of pyridine rings is 1. The van der Waals surface area contributed by atoms with E-state index in [1.807, 2.05) is 38.1 Å². The predicted octanol–water partition coefficient (Wildman–Crippen LogP) is 1.89. The maximum absolute atomic E-state index is 12.9. The van der Waals surface area contributed by atoms with Gasteiger partial charge in [0.15, 0.2) is 0 Å². The van der Waals surface area contributed by atoms with Crippen LogP contribution in [0.15, 0.2) is 30.3 Å². The molecule has 0 saturated carbocycles. The number of hydrogen-bond donors (Lipinski definition) is 1. The number of carbonyl (C=O) groups is 2. The molecule has 2 aromatic rings. The first-order chi connectivity index (χ1) is 10.6. The maximum Gasteiger partial charge on any atom is 0.256 e. The minimum Gasteiger partial charge on any atom is -0.353 e. The van der Waals surface area contributed by atoms with Crippen LogP contribution < -0.4 is 5.32 Å². The van der Waals surface area contributed by atoms with Crippen molar-refractivity contribution >= 4 is 22.7 Å². The van der Waals surface area contributed by atoms with E-state index in [9.17, 15) is 9.59 Å². The Kier molecular flexibility index (Phi) is 3.79. The van der Waals surface area contributed by atoms with E-state index < -0.39 is 6.04 Å². The number of rotatable bonds is 2. The Balaban J connectivity index is 2.05. The minimum atomic E-state index is -0.402. The highest BCUT2D eigenvalue weighted by Crippen LogP contribution is 2.21. The van der Waals surface area contributed by atoms with Crippen molar-refractivity contribution < 1.29 is 9.59 Å². The molecule has 0 aliphatic carbocycles. The summed E-state index contributed by atoms with van der Waals surface area (Å²) in [5, 5.41) is 3.75. The molecule has 22 heavy (non-hydrogen) atoms. The number of carbonyl (C=O) groups excluding carboxylic acids is 2. The van der Waals surface area contributed by atoms with Gasteiger partial charge in [0.1, 0.15) is 6.04 Å². The summed E-state index contributed by atoms with van der Waals surface area (Å²) in [6, 6.07) is 9.09. The van der Waals surface area contributed by atoms with Crippen molar-refractivity contribution in [2.45, 2.75) is 26.3 Å². The van der Waals surface area contributed by atoms with Crippen molar-refractivity contribution in [3.05, 3.63) is 41.6 Å². The summed E-state index contributed by atoms with van der Waals surface area (Å²) in [7, 11) is 0. The summed E-state index contributed by atoms with van der Waals surface area (Å²) in [6.07, 6.45) is 0.606. The number of amides is 2. The van der Waals surface area contributed by atoms with Gasteiger partial charge < -0.3 is 10.2 Å². The van der Waals surface area contributed by atoms with E-state index in [0.717, 1.165) is 11.1 Å². The number of nitrogens with zero attached hydrogens (tertiary/aromatic N) is 2. The number of piperazine rings is 1. The fourth-order valence-electron chi connectivity index (χ4n) is 2.94. The predicted molar refractivity (Wildman–Crippen MR) is 84.6 cm³/mol. The van der Waals surface area contributed by atoms with Gasteiger partial charge in [0.25, 0.3) is 5.91 Å². The Labute approximate surface area is 129 Å². The molecule has 1 N–H and O–H groups in total. The van der Waals surface area contributed by atoms with Gasteiger partial charge in [-0.15, -0.1) is 0 Å². The molecule has 1 fully saturated rings. The second kappa shape index (κ2) is 5.75. The van der Waals surface area contributed by atoms with Gasteiger partial charge in [-0.3, -0.25) is 14.6 Å². The van der Waals surface area contributed by atoms with Gasteiger partial charge in [-0.25, -0.2) is 0 Å². The second-order valence-corrected chi connectivity index (χ2v) is 5.54. The first kappa shape index (κ1) is 14.5. The van der Waals surface area contributed by atoms with E-state index in [1.165, 1.54) is 0 Å². The fraction of sp³-hybridized carbons (Fsp3) is 0.353. The third kappa shape index (κ3) is 2.43. The maximum atomic E-state index is 12.9. The van der Waals surface area contributed by atoms with Crippen molar-refractivity contribution in [1.82, 2.24) is 15.2 Å². The lowest BCUT2D eigenvalue weighted by molar-refractivity contribution is -0.127. The molecule has 5 heteroatoms. The van der Waals surface area contributed by atoms with Crippen LogP contribution in [0.25, 0.3) is 10.9 Å². The monoisotopic (exact) mass is 297 g/mol. The summed E-state index contributed by atoms with van der Waals surface area (Å²) in [4.78, 5) is 31.1. The summed E-state index contributed by atoms with van der Waals surface area (Å²) in [6.45, 7) is 4.86. The Morgan fingerprint density at radius 2 is 2.18 bits per heavy atom. The molecule has 1 aromatic carbocycles. The molecule has 5 nitrogen and oxygen atoms in total. The average molecular weight is 297 g/mol. The van der Waals surface area contributed by atoms with Gasteiger partial charge in [0, 0.05) is 24.2 Å². The first-order valence-corrected chi connectivity index (χ1v) is 7.57. The summed E-state index contributed by atoms with van der Waals surface area (Å²) < 4.78 is 0. The van der Waals surface area contributed by atoms with E-state index in [-0.39, 0.29) is 11.8 Å². The molecule has 0 bridgehead atoms. The van der Waals surface area contributed by atoms with E-state index in [1.54, 1.807) is 11.0 Å². The molecule has 114 valence electrons. The van der Waals surface area contributed by atoms with Crippen molar-refractivity contribution in [2.24, 2.45) is 0 Å². The van der Waals surface area contributed by atoms with Crippen LogP contribution in [0.2, 0.25) is 0 Å². The topological polar surface area (TPSA) is 62.3 Å². The van der Waals surface area contributed by atoms with Gasteiger partial charge >= 0.3 is 0 Å². The highest BCUT2D eigenvalue weighted by Gasteiger charge is 2.32. The zero-order chi connectivity index (χ0) is 15.7. The third-order valence-electron chi connectivity index (χ3n) is 4.07. The normalized spacial score (nSPS) is 18.4. The molecule has 1 saturated heterocycles. The van der Waals surface area contributed by atoms with E-state index >= 15 is 0 Å². The standard InChI is InChI=1S/C17H19N3O2/c1-3-14-16(21)18-9-10-20(14)17(22)13-6-4-5-12-8-7-11(2)19-15(12)13/h4-8,14H,3,9-10H2,1-2H3,(H,18,21)/t14-/m1/s1. The molecule has 1 aliphatic heterocycles. The van der Waals surface area contributed by atoms with Crippen LogP contribution in [0.1, 0.15) is 29.4 Å². The van der Waals surface area contributed by atoms with E-state index in [2.05, 4.69) is 10.3 Å². The fourth-order valence-corrected chi connectivity index (χ4v) is 2.94.